The van der Waals surface area contributed by atoms with E-state index < -0.39 is 0 Å². The molecule has 1 aromatic rings. The summed E-state index contributed by atoms with van der Waals surface area (Å²) in [5.74, 6) is 0.721. The van der Waals surface area contributed by atoms with Crippen molar-refractivity contribution in [3.05, 3.63) is 24.0 Å². The van der Waals surface area contributed by atoms with E-state index in [0.717, 1.165) is 44.9 Å². The number of hydrogen-bond acceptors (Lipinski definition) is 2. The van der Waals surface area contributed by atoms with Crippen molar-refractivity contribution in [2.75, 3.05) is 13.2 Å². The topological polar surface area (TPSA) is 40.2 Å². The van der Waals surface area contributed by atoms with Gasteiger partial charge in [-0.3, -0.25) is 0 Å². The van der Waals surface area contributed by atoms with Crippen molar-refractivity contribution in [3.8, 4) is 0 Å². The molecule has 0 saturated carbocycles. The third kappa shape index (κ3) is 6.22. The minimum absolute atomic E-state index is 0.281. The Balaban J connectivity index is 2.19. The predicted octanol–water partition coefficient (Wildman–Crippen LogP) is 2.83. The van der Waals surface area contributed by atoms with Crippen LogP contribution >= 0.6 is 0 Å². The zero-order valence-electron chi connectivity index (χ0n) is 12.1. The van der Waals surface area contributed by atoms with E-state index in [0.29, 0.717) is 0 Å². The Morgan fingerprint density at radius 2 is 2.11 bits per heavy atom. The Hall–Kier alpha value is -0.800. The molecule has 1 aromatic heterocycles. The maximum Gasteiger partial charge on any atom is 0.0645 e. The van der Waals surface area contributed by atoms with Gasteiger partial charge in [0.1, 0.15) is 0 Å². The van der Waals surface area contributed by atoms with Gasteiger partial charge in [-0.25, -0.2) is 0 Å². The van der Waals surface area contributed by atoms with Crippen LogP contribution in [0.15, 0.2) is 18.5 Å². The molecule has 18 heavy (non-hydrogen) atoms. The largest absolute Gasteiger partial charge is 0.380 e. The van der Waals surface area contributed by atoms with E-state index in [1.165, 1.54) is 5.56 Å². The molecule has 3 heteroatoms. The molecule has 0 aromatic carbocycles. The normalized spacial score (nSPS) is 13.2. The number of rotatable bonds is 9. The van der Waals surface area contributed by atoms with Gasteiger partial charge in [0.15, 0.2) is 0 Å². The first-order valence-corrected chi connectivity index (χ1v) is 7.09. The summed E-state index contributed by atoms with van der Waals surface area (Å²) < 4.78 is 7.80. The maximum atomic E-state index is 5.95. The lowest BCUT2D eigenvalue weighted by Crippen LogP contribution is -2.21. The van der Waals surface area contributed by atoms with Crippen LogP contribution in [0.25, 0.3) is 0 Å². The second kappa shape index (κ2) is 8.33. The number of aromatic nitrogens is 1. The van der Waals surface area contributed by atoms with Crippen LogP contribution in [0.5, 0.6) is 0 Å². The fraction of sp³-hybridized carbons (Fsp3) is 0.733. The summed E-state index contributed by atoms with van der Waals surface area (Å²) in [6.07, 6.45) is 7.44. The molecular weight excluding hydrogens is 224 g/mol. The standard InChI is InChI=1S/C15H28N2O/c1-4-15(16)11-14-5-7-17(12-14)8-10-18-9-6-13(2)3/h5,7,12-13,15H,4,6,8-11,16H2,1-3H3. The molecule has 1 unspecified atom stereocenters. The van der Waals surface area contributed by atoms with Gasteiger partial charge >= 0.3 is 0 Å². The third-order valence-electron chi connectivity index (χ3n) is 3.17. The molecule has 0 bridgehead atoms. The Kier molecular flexibility index (Phi) is 7.06. The highest BCUT2D eigenvalue weighted by Crippen LogP contribution is 2.06. The van der Waals surface area contributed by atoms with Crippen molar-refractivity contribution in [2.24, 2.45) is 11.7 Å². The first-order valence-electron chi connectivity index (χ1n) is 7.09. The lowest BCUT2D eigenvalue weighted by molar-refractivity contribution is 0.116. The number of nitrogens with two attached hydrogens (primary N) is 1. The van der Waals surface area contributed by atoms with Crippen LogP contribution in [-0.4, -0.2) is 23.8 Å². The highest BCUT2D eigenvalue weighted by molar-refractivity contribution is 5.11. The molecule has 104 valence electrons. The van der Waals surface area contributed by atoms with Crippen molar-refractivity contribution in [1.82, 2.24) is 4.57 Å². The minimum atomic E-state index is 0.281. The Bertz CT molecular complexity index is 320. The number of hydrogen-bond donors (Lipinski definition) is 1. The zero-order valence-corrected chi connectivity index (χ0v) is 12.1. The molecule has 0 amide bonds. The summed E-state index contributed by atoms with van der Waals surface area (Å²) in [7, 11) is 0. The highest BCUT2D eigenvalue weighted by Gasteiger charge is 2.03. The lowest BCUT2D eigenvalue weighted by Gasteiger charge is -2.08. The van der Waals surface area contributed by atoms with Crippen molar-refractivity contribution >= 4 is 0 Å². The van der Waals surface area contributed by atoms with Crippen LogP contribution in [0.2, 0.25) is 0 Å². The smallest absolute Gasteiger partial charge is 0.0645 e. The molecule has 0 saturated heterocycles. The van der Waals surface area contributed by atoms with Crippen LogP contribution < -0.4 is 5.73 Å². The van der Waals surface area contributed by atoms with E-state index in [9.17, 15) is 0 Å². The zero-order chi connectivity index (χ0) is 13.4. The quantitative estimate of drug-likeness (QED) is 0.687. The molecular formula is C15H28N2O. The van der Waals surface area contributed by atoms with E-state index in [-0.39, 0.29) is 6.04 Å². The summed E-state index contributed by atoms with van der Waals surface area (Å²) in [5.41, 5.74) is 7.27. The average molecular weight is 252 g/mol. The van der Waals surface area contributed by atoms with Crippen molar-refractivity contribution in [3.63, 3.8) is 0 Å². The predicted molar refractivity (Wildman–Crippen MR) is 76.7 cm³/mol. The van der Waals surface area contributed by atoms with Gasteiger partial charge in [-0.1, -0.05) is 20.8 Å². The first-order chi connectivity index (χ1) is 8.61. The summed E-state index contributed by atoms with van der Waals surface area (Å²) in [6.45, 7) is 9.16. The summed E-state index contributed by atoms with van der Waals surface area (Å²) in [6, 6.07) is 2.44. The molecule has 0 fully saturated rings. The second-order valence-corrected chi connectivity index (χ2v) is 5.42. The Morgan fingerprint density at radius 3 is 2.78 bits per heavy atom. The van der Waals surface area contributed by atoms with Crippen molar-refractivity contribution in [2.45, 2.75) is 52.6 Å². The summed E-state index contributed by atoms with van der Waals surface area (Å²) >= 11 is 0. The molecule has 0 aliphatic carbocycles. The van der Waals surface area contributed by atoms with E-state index in [1.54, 1.807) is 0 Å². The van der Waals surface area contributed by atoms with Gasteiger partial charge in [-0.2, -0.15) is 0 Å². The summed E-state index contributed by atoms with van der Waals surface area (Å²) in [4.78, 5) is 0. The van der Waals surface area contributed by atoms with Gasteiger partial charge < -0.3 is 15.0 Å². The molecule has 2 N–H and O–H groups in total. The van der Waals surface area contributed by atoms with E-state index in [1.807, 2.05) is 0 Å². The molecule has 0 aliphatic heterocycles. The number of ether oxygens (including phenoxy) is 1. The highest BCUT2D eigenvalue weighted by atomic mass is 16.5. The van der Waals surface area contributed by atoms with Gasteiger partial charge in [0.05, 0.1) is 6.61 Å². The van der Waals surface area contributed by atoms with E-state index in [2.05, 4.69) is 43.8 Å². The molecule has 1 rings (SSSR count). The fourth-order valence-electron chi connectivity index (χ4n) is 1.79. The van der Waals surface area contributed by atoms with E-state index >= 15 is 0 Å². The van der Waals surface area contributed by atoms with Crippen LogP contribution in [-0.2, 0) is 17.7 Å². The average Bonchev–Trinajstić information content (AvgIpc) is 2.75. The van der Waals surface area contributed by atoms with Crippen LogP contribution in [0.4, 0.5) is 0 Å². The SMILES string of the molecule is CCC(N)Cc1ccn(CCOCCC(C)C)c1. The Labute approximate surface area is 111 Å². The van der Waals surface area contributed by atoms with E-state index in [4.69, 9.17) is 10.5 Å². The molecule has 0 spiro atoms. The molecule has 0 aliphatic rings. The molecule has 3 nitrogen and oxygen atoms in total. The molecule has 1 heterocycles. The van der Waals surface area contributed by atoms with Crippen LogP contribution in [0.1, 0.15) is 39.2 Å². The van der Waals surface area contributed by atoms with Crippen LogP contribution in [0, 0.1) is 5.92 Å². The second-order valence-electron chi connectivity index (χ2n) is 5.42. The van der Waals surface area contributed by atoms with Crippen LogP contribution in [0.3, 0.4) is 0 Å². The van der Waals surface area contributed by atoms with Crippen molar-refractivity contribution in [1.29, 1.82) is 0 Å². The fourth-order valence-corrected chi connectivity index (χ4v) is 1.79. The van der Waals surface area contributed by atoms with Crippen molar-refractivity contribution < 1.29 is 4.74 Å². The van der Waals surface area contributed by atoms with Gasteiger partial charge in [-0.05, 0) is 36.8 Å². The van der Waals surface area contributed by atoms with Gasteiger partial charge in [0.2, 0.25) is 0 Å². The maximum absolute atomic E-state index is 5.95. The summed E-state index contributed by atoms with van der Waals surface area (Å²) in [5, 5.41) is 0. The molecule has 1 atom stereocenters. The van der Waals surface area contributed by atoms with Gasteiger partial charge in [0, 0.05) is 31.6 Å². The van der Waals surface area contributed by atoms with Gasteiger partial charge in [-0.15, -0.1) is 0 Å². The minimum Gasteiger partial charge on any atom is -0.380 e. The molecule has 0 radical (unpaired) electrons. The first kappa shape index (κ1) is 15.3. The number of nitrogens with zero attached hydrogens (tertiary/aromatic N) is 1. The third-order valence-corrected chi connectivity index (χ3v) is 3.17. The van der Waals surface area contributed by atoms with Gasteiger partial charge in [0.25, 0.3) is 0 Å². The monoisotopic (exact) mass is 252 g/mol. The Morgan fingerprint density at radius 1 is 1.33 bits per heavy atom. The lowest BCUT2D eigenvalue weighted by atomic mass is 10.1.